The van der Waals surface area contributed by atoms with Crippen molar-refractivity contribution >= 4 is 16.0 Å². The summed E-state index contributed by atoms with van der Waals surface area (Å²) in [5.74, 6) is -0.738. The zero-order chi connectivity index (χ0) is 14.5. The van der Waals surface area contributed by atoms with Crippen LogP contribution < -0.4 is 9.46 Å². The fraction of sp³-hybridized carbons (Fsp3) is 0.364. The van der Waals surface area contributed by atoms with Gasteiger partial charge in [-0.2, -0.15) is 4.72 Å². The van der Waals surface area contributed by atoms with E-state index >= 15 is 0 Å². The fourth-order valence-electron chi connectivity index (χ4n) is 1.39. The number of aliphatic hydroxyl groups is 1. The van der Waals surface area contributed by atoms with Gasteiger partial charge >= 0.3 is 5.97 Å². The maximum atomic E-state index is 12.1. The molecule has 19 heavy (non-hydrogen) atoms. The van der Waals surface area contributed by atoms with Gasteiger partial charge in [-0.05, 0) is 12.1 Å². The molecule has 106 valence electrons. The zero-order valence-electron chi connectivity index (χ0n) is 10.5. The van der Waals surface area contributed by atoms with Crippen LogP contribution in [0.25, 0.3) is 0 Å². The molecule has 0 aliphatic rings. The molecular formula is C11H15NO6S. The minimum Gasteiger partial charge on any atom is -0.495 e. The van der Waals surface area contributed by atoms with Crippen LogP contribution in [0.5, 0.6) is 5.75 Å². The highest BCUT2D eigenvalue weighted by Gasteiger charge is 2.27. The molecule has 0 saturated heterocycles. The van der Waals surface area contributed by atoms with Crippen molar-refractivity contribution in [1.82, 2.24) is 4.72 Å². The maximum absolute atomic E-state index is 12.1. The Morgan fingerprint density at radius 2 is 2.00 bits per heavy atom. The summed E-state index contributed by atoms with van der Waals surface area (Å²) in [5, 5.41) is 9.01. The second kappa shape index (κ2) is 6.50. The highest BCUT2D eigenvalue weighted by molar-refractivity contribution is 7.89. The van der Waals surface area contributed by atoms with Crippen molar-refractivity contribution in [2.75, 3.05) is 20.8 Å². The van der Waals surface area contributed by atoms with Crippen molar-refractivity contribution in [2.24, 2.45) is 0 Å². The molecule has 8 heteroatoms. The average Bonchev–Trinajstić information content (AvgIpc) is 2.43. The SMILES string of the molecule is COC(=O)C(CO)NS(=O)(=O)c1ccccc1OC. The number of esters is 1. The third-order valence-electron chi connectivity index (χ3n) is 2.32. The first-order valence-electron chi connectivity index (χ1n) is 5.30. The monoisotopic (exact) mass is 289 g/mol. The first-order chi connectivity index (χ1) is 8.96. The number of para-hydroxylation sites is 1. The Labute approximate surface area is 111 Å². The molecular weight excluding hydrogens is 274 g/mol. The lowest BCUT2D eigenvalue weighted by molar-refractivity contribution is -0.143. The largest absolute Gasteiger partial charge is 0.495 e. The predicted octanol–water partition coefficient (Wildman–Crippen LogP) is -0.493. The van der Waals surface area contributed by atoms with Gasteiger partial charge in [0.05, 0.1) is 20.8 Å². The van der Waals surface area contributed by atoms with Gasteiger partial charge in [-0.15, -0.1) is 0 Å². The zero-order valence-corrected chi connectivity index (χ0v) is 11.3. The fourth-order valence-corrected chi connectivity index (χ4v) is 2.74. The summed E-state index contributed by atoms with van der Waals surface area (Å²) in [6.45, 7) is -0.707. The maximum Gasteiger partial charge on any atom is 0.326 e. The van der Waals surface area contributed by atoms with E-state index in [9.17, 15) is 13.2 Å². The van der Waals surface area contributed by atoms with Crippen LogP contribution in [0.1, 0.15) is 0 Å². The Hall–Kier alpha value is -1.64. The number of ether oxygens (including phenoxy) is 2. The van der Waals surface area contributed by atoms with Gasteiger partial charge in [-0.25, -0.2) is 8.42 Å². The van der Waals surface area contributed by atoms with E-state index in [4.69, 9.17) is 9.84 Å². The molecule has 0 fully saturated rings. The van der Waals surface area contributed by atoms with E-state index < -0.39 is 28.6 Å². The van der Waals surface area contributed by atoms with Crippen molar-refractivity contribution in [3.63, 3.8) is 0 Å². The molecule has 0 amide bonds. The molecule has 1 aromatic carbocycles. The van der Waals surface area contributed by atoms with Crippen LogP contribution in [-0.2, 0) is 19.6 Å². The Morgan fingerprint density at radius 1 is 1.37 bits per heavy atom. The molecule has 0 saturated carbocycles. The third kappa shape index (κ3) is 3.66. The number of methoxy groups -OCH3 is 2. The van der Waals surface area contributed by atoms with Gasteiger partial charge in [-0.1, -0.05) is 12.1 Å². The van der Waals surface area contributed by atoms with Crippen LogP contribution in [0.3, 0.4) is 0 Å². The van der Waals surface area contributed by atoms with E-state index in [1.165, 1.54) is 25.3 Å². The van der Waals surface area contributed by atoms with Crippen molar-refractivity contribution in [3.8, 4) is 5.75 Å². The van der Waals surface area contributed by atoms with Crippen LogP contribution in [-0.4, -0.2) is 46.4 Å². The molecule has 0 bridgehead atoms. The average molecular weight is 289 g/mol. The first-order valence-corrected chi connectivity index (χ1v) is 6.78. The second-order valence-electron chi connectivity index (χ2n) is 3.53. The molecule has 0 radical (unpaired) electrons. The highest BCUT2D eigenvalue weighted by atomic mass is 32.2. The number of rotatable bonds is 6. The number of aliphatic hydroxyl groups excluding tert-OH is 1. The van der Waals surface area contributed by atoms with E-state index in [0.717, 1.165) is 7.11 Å². The van der Waals surface area contributed by atoms with Gasteiger partial charge < -0.3 is 14.6 Å². The van der Waals surface area contributed by atoms with Crippen LogP contribution in [0.4, 0.5) is 0 Å². The number of nitrogens with one attached hydrogen (secondary N) is 1. The smallest absolute Gasteiger partial charge is 0.326 e. The molecule has 2 N–H and O–H groups in total. The van der Waals surface area contributed by atoms with E-state index in [0.29, 0.717) is 0 Å². The van der Waals surface area contributed by atoms with E-state index in [-0.39, 0.29) is 10.6 Å². The van der Waals surface area contributed by atoms with Gasteiger partial charge in [-0.3, -0.25) is 4.79 Å². The number of hydrogen-bond donors (Lipinski definition) is 2. The topological polar surface area (TPSA) is 102 Å². The summed E-state index contributed by atoms with van der Waals surface area (Å²) < 4.78 is 35.6. The molecule has 0 heterocycles. The minimum absolute atomic E-state index is 0.125. The van der Waals surface area contributed by atoms with E-state index in [2.05, 4.69) is 9.46 Å². The van der Waals surface area contributed by atoms with Gasteiger partial charge in [0.2, 0.25) is 10.0 Å². The molecule has 7 nitrogen and oxygen atoms in total. The van der Waals surface area contributed by atoms with Crippen molar-refractivity contribution < 1.29 is 27.8 Å². The number of benzene rings is 1. The van der Waals surface area contributed by atoms with Crippen molar-refractivity contribution in [1.29, 1.82) is 0 Å². The van der Waals surface area contributed by atoms with Crippen LogP contribution in [0.2, 0.25) is 0 Å². The molecule has 0 aliphatic carbocycles. The summed E-state index contributed by atoms with van der Waals surface area (Å²) in [6.07, 6.45) is 0. The van der Waals surface area contributed by atoms with E-state index in [1.807, 2.05) is 0 Å². The van der Waals surface area contributed by atoms with Gasteiger partial charge in [0, 0.05) is 0 Å². The summed E-state index contributed by atoms with van der Waals surface area (Å²) >= 11 is 0. The second-order valence-corrected chi connectivity index (χ2v) is 5.21. The highest BCUT2D eigenvalue weighted by Crippen LogP contribution is 2.22. The summed E-state index contributed by atoms with van der Waals surface area (Å²) in [7, 11) is -1.57. The van der Waals surface area contributed by atoms with E-state index in [1.54, 1.807) is 6.07 Å². The Kier molecular flexibility index (Phi) is 5.28. The number of carbonyl (C=O) groups is 1. The molecule has 0 aromatic heterocycles. The molecule has 0 aliphatic heterocycles. The standard InChI is InChI=1S/C11H15NO6S/c1-17-9-5-3-4-6-10(9)19(15,16)12-8(7-13)11(14)18-2/h3-6,8,12-13H,7H2,1-2H3. The van der Waals surface area contributed by atoms with Crippen molar-refractivity contribution in [3.05, 3.63) is 24.3 Å². The van der Waals surface area contributed by atoms with Crippen molar-refractivity contribution in [2.45, 2.75) is 10.9 Å². The summed E-state index contributed by atoms with van der Waals surface area (Å²) in [4.78, 5) is 11.1. The lowest BCUT2D eigenvalue weighted by Gasteiger charge is -2.15. The Bertz CT molecular complexity index is 542. The normalized spacial score (nSPS) is 12.8. The quantitative estimate of drug-likeness (QED) is 0.685. The molecule has 1 rings (SSSR count). The van der Waals surface area contributed by atoms with Gasteiger partial charge in [0.15, 0.2) is 0 Å². The summed E-state index contributed by atoms with van der Waals surface area (Å²) in [5.41, 5.74) is 0. The molecule has 1 aromatic rings. The number of carbonyl (C=O) groups excluding carboxylic acids is 1. The first kappa shape index (κ1) is 15.4. The van der Waals surface area contributed by atoms with Crippen LogP contribution in [0.15, 0.2) is 29.2 Å². The predicted molar refractivity (Wildman–Crippen MR) is 66.2 cm³/mol. The Morgan fingerprint density at radius 3 is 2.53 bits per heavy atom. The Balaban J connectivity index is 3.07. The molecule has 0 spiro atoms. The lowest BCUT2D eigenvalue weighted by atomic mass is 10.3. The number of sulfonamides is 1. The van der Waals surface area contributed by atoms with Gasteiger partial charge in [0.25, 0.3) is 0 Å². The summed E-state index contributed by atoms with van der Waals surface area (Å²) in [6, 6.07) is 4.57. The molecule has 1 unspecified atom stereocenters. The lowest BCUT2D eigenvalue weighted by Crippen LogP contribution is -2.44. The minimum atomic E-state index is -4.01. The molecule has 1 atom stereocenters. The third-order valence-corrected chi connectivity index (χ3v) is 3.84. The number of hydrogen-bond acceptors (Lipinski definition) is 6. The van der Waals surface area contributed by atoms with Crippen LogP contribution >= 0.6 is 0 Å². The van der Waals surface area contributed by atoms with Crippen LogP contribution in [0, 0.1) is 0 Å². The van der Waals surface area contributed by atoms with Gasteiger partial charge in [0.1, 0.15) is 16.7 Å².